The molecule has 0 aliphatic rings. The van der Waals surface area contributed by atoms with Gasteiger partial charge in [0.25, 0.3) is 0 Å². The third-order valence-electron chi connectivity index (χ3n) is 1.45. The fourth-order valence-corrected chi connectivity index (χ4v) is 1.53. The van der Waals surface area contributed by atoms with Crippen molar-refractivity contribution < 1.29 is 0 Å². The highest BCUT2D eigenvalue weighted by Crippen LogP contribution is 2.06. The highest BCUT2D eigenvalue weighted by Gasteiger charge is 1.81. The number of anilines is 1. The number of thiazole rings is 1. The molecule has 0 fully saturated rings. The summed E-state index contributed by atoms with van der Waals surface area (Å²) in [5.41, 5.74) is 6.45. The van der Waals surface area contributed by atoms with Crippen LogP contribution in [-0.4, -0.2) is 4.98 Å². The lowest BCUT2D eigenvalue weighted by Crippen LogP contribution is -1.77. The molecule has 2 nitrogen and oxygen atoms in total. The van der Waals surface area contributed by atoms with Gasteiger partial charge in [0.2, 0.25) is 0 Å². The predicted molar refractivity (Wildman–Crippen MR) is 65.0 cm³/mol. The first-order valence-corrected chi connectivity index (χ1v) is 5.42. The lowest BCUT2D eigenvalue weighted by molar-refractivity contribution is 1.37. The molecule has 74 valence electrons. The van der Waals surface area contributed by atoms with E-state index in [2.05, 4.69) is 30.6 Å². The fourth-order valence-electron chi connectivity index (χ4n) is 0.862. The van der Waals surface area contributed by atoms with Crippen molar-refractivity contribution in [3.8, 4) is 0 Å². The second kappa shape index (κ2) is 5.67. The summed E-state index contributed by atoms with van der Waals surface area (Å²) in [6.45, 7) is 2.06. The van der Waals surface area contributed by atoms with Gasteiger partial charge in [-0.15, -0.1) is 24.0 Å². The molecule has 2 aromatic rings. The molecule has 0 atom stereocenters. The number of nitrogens with two attached hydrogens (primary N) is 1. The number of hydrogen-bond acceptors (Lipinski definition) is 4. The van der Waals surface area contributed by atoms with Crippen molar-refractivity contribution in [1.82, 2.24) is 4.98 Å². The average molecular weight is 224 g/mol. The van der Waals surface area contributed by atoms with Crippen LogP contribution in [0.1, 0.15) is 5.56 Å². The van der Waals surface area contributed by atoms with Gasteiger partial charge in [0.1, 0.15) is 0 Å². The SMILES string of the molecule is Cc1cccc(S)c1.Nc1nccs1. The minimum atomic E-state index is 0.634. The van der Waals surface area contributed by atoms with Crippen molar-refractivity contribution in [1.29, 1.82) is 0 Å². The highest BCUT2D eigenvalue weighted by molar-refractivity contribution is 7.80. The zero-order valence-electron chi connectivity index (χ0n) is 7.84. The number of benzene rings is 1. The van der Waals surface area contributed by atoms with E-state index in [1.807, 2.05) is 23.6 Å². The van der Waals surface area contributed by atoms with Crippen molar-refractivity contribution in [3.63, 3.8) is 0 Å². The summed E-state index contributed by atoms with van der Waals surface area (Å²) in [7, 11) is 0. The smallest absolute Gasteiger partial charge is 0.179 e. The Morgan fingerprint density at radius 3 is 2.50 bits per heavy atom. The van der Waals surface area contributed by atoms with E-state index in [4.69, 9.17) is 5.73 Å². The predicted octanol–water partition coefficient (Wildman–Crippen LogP) is 3.01. The van der Waals surface area contributed by atoms with E-state index in [-0.39, 0.29) is 0 Å². The Kier molecular flexibility index (Phi) is 4.49. The normalized spacial score (nSPS) is 9.00. The van der Waals surface area contributed by atoms with Gasteiger partial charge < -0.3 is 5.73 Å². The highest BCUT2D eigenvalue weighted by atomic mass is 32.1. The molecule has 0 unspecified atom stereocenters. The maximum Gasteiger partial charge on any atom is 0.179 e. The summed E-state index contributed by atoms with van der Waals surface area (Å²) < 4.78 is 0. The van der Waals surface area contributed by atoms with Crippen LogP contribution in [0.4, 0.5) is 5.13 Å². The lowest BCUT2D eigenvalue weighted by atomic mass is 10.2. The van der Waals surface area contributed by atoms with E-state index in [9.17, 15) is 0 Å². The van der Waals surface area contributed by atoms with Crippen LogP contribution < -0.4 is 5.73 Å². The topological polar surface area (TPSA) is 38.9 Å². The van der Waals surface area contributed by atoms with E-state index in [0.717, 1.165) is 4.90 Å². The van der Waals surface area contributed by atoms with E-state index >= 15 is 0 Å². The number of nitrogen functional groups attached to an aromatic ring is 1. The van der Waals surface area contributed by atoms with Crippen LogP contribution in [0, 0.1) is 6.92 Å². The van der Waals surface area contributed by atoms with Gasteiger partial charge in [-0.2, -0.15) is 0 Å². The third kappa shape index (κ3) is 4.30. The third-order valence-corrected chi connectivity index (χ3v) is 2.34. The van der Waals surface area contributed by atoms with Gasteiger partial charge in [0.05, 0.1) is 0 Å². The van der Waals surface area contributed by atoms with Crippen LogP contribution in [0.5, 0.6) is 0 Å². The first-order valence-electron chi connectivity index (χ1n) is 4.09. The van der Waals surface area contributed by atoms with Crippen LogP contribution in [0.15, 0.2) is 40.7 Å². The number of nitrogens with zero attached hydrogens (tertiary/aromatic N) is 1. The largest absolute Gasteiger partial charge is 0.375 e. The van der Waals surface area contributed by atoms with Gasteiger partial charge >= 0.3 is 0 Å². The Balaban J connectivity index is 0.000000146. The van der Waals surface area contributed by atoms with Crippen LogP contribution >= 0.6 is 24.0 Å². The van der Waals surface area contributed by atoms with Gasteiger partial charge in [-0.05, 0) is 19.1 Å². The molecule has 0 aliphatic carbocycles. The molecule has 0 saturated heterocycles. The van der Waals surface area contributed by atoms with E-state index in [0.29, 0.717) is 5.13 Å². The monoisotopic (exact) mass is 224 g/mol. The zero-order valence-corrected chi connectivity index (χ0v) is 9.56. The molecular formula is C10H12N2S2. The van der Waals surface area contributed by atoms with Crippen LogP contribution in [0.25, 0.3) is 0 Å². The number of rotatable bonds is 0. The lowest BCUT2D eigenvalue weighted by Gasteiger charge is -1.89. The Bertz CT molecular complexity index is 354. The van der Waals surface area contributed by atoms with Crippen molar-refractivity contribution in [2.24, 2.45) is 0 Å². The molecule has 2 rings (SSSR count). The van der Waals surface area contributed by atoms with Gasteiger partial charge in [0, 0.05) is 16.5 Å². The number of hydrogen-bond donors (Lipinski definition) is 2. The summed E-state index contributed by atoms with van der Waals surface area (Å²) >= 11 is 5.60. The molecule has 1 aromatic heterocycles. The van der Waals surface area contributed by atoms with Crippen LogP contribution in [0.2, 0.25) is 0 Å². The van der Waals surface area contributed by atoms with E-state index < -0.39 is 0 Å². The maximum atomic E-state index is 5.19. The Hall–Kier alpha value is -1.00. The second-order valence-electron chi connectivity index (χ2n) is 2.71. The second-order valence-corrected chi connectivity index (χ2v) is 4.15. The molecule has 2 N–H and O–H groups in total. The molecule has 0 bridgehead atoms. The Labute approximate surface area is 93.2 Å². The molecule has 0 aliphatic heterocycles. The number of aromatic nitrogens is 1. The maximum absolute atomic E-state index is 5.19. The average Bonchev–Trinajstić information content (AvgIpc) is 2.56. The quantitative estimate of drug-likeness (QED) is 0.675. The summed E-state index contributed by atoms with van der Waals surface area (Å²) in [5, 5.41) is 2.48. The first kappa shape index (κ1) is 11.1. The molecule has 0 amide bonds. The standard InChI is InChI=1S/C7H8S.C3H4N2S/c1-6-3-2-4-7(8)5-6;4-3-5-1-2-6-3/h2-5,8H,1H3;1-2H,(H2,4,5). The van der Waals surface area contributed by atoms with Gasteiger partial charge in [0.15, 0.2) is 5.13 Å². The first-order chi connectivity index (χ1) is 6.68. The van der Waals surface area contributed by atoms with Gasteiger partial charge in [-0.25, -0.2) is 4.98 Å². The molecule has 4 heteroatoms. The summed E-state index contributed by atoms with van der Waals surface area (Å²) in [6.07, 6.45) is 1.68. The van der Waals surface area contributed by atoms with Gasteiger partial charge in [-0.1, -0.05) is 17.7 Å². The minimum absolute atomic E-state index is 0.634. The molecule has 0 spiro atoms. The molecular weight excluding hydrogens is 212 g/mol. The van der Waals surface area contributed by atoms with Crippen molar-refractivity contribution in [2.75, 3.05) is 5.73 Å². The van der Waals surface area contributed by atoms with E-state index in [1.165, 1.54) is 16.9 Å². The zero-order chi connectivity index (χ0) is 10.4. The van der Waals surface area contributed by atoms with Gasteiger partial charge in [-0.3, -0.25) is 0 Å². The fraction of sp³-hybridized carbons (Fsp3) is 0.100. The Morgan fingerprint density at radius 1 is 1.43 bits per heavy atom. The number of thiol groups is 1. The van der Waals surface area contributed by atoms with Crippen molar-refractivity contribution >= 4 is 29.1 Å². The molecule has 0 saturated carbocycles. The van der Waals surface area contributed by atoms with Crippen LogP contribution in [0.3, 0.4) is 0 Å². The summed E-state index contributed by atoms with van der Waals surface area (Å²) in [6, 6.07) is 8.05. The van der Waals surface area contributed by atoms with E-state index in [1.54, 1.807) is 6.20 Å². The summed E-state index contributed by atoms with van der Waals surface area (Å²) in [5.74, 6) is 0. The van der Waals surface area contributed by atoms with Crippen molar-refractivity contribution in [2.45, 2.75) is 11.8 Å². The summed E-state index contributed by atoms with van der Waals surface area (Å²) in [4.78, 5) is 4.75. The molecule has 0 radical (unpaired) electrons. The Morgan fingerprint density at radius 2 is 2.21 bits per heavy atom. The molecule has 1 aromatic carbocycles. The van der Waals surface area contributed by atoms with Crippen LogP contribution in [-0.2, 0) is 0 Å². The molecule has 1 heterocycles. The van der Waals surface area contributed by atoms with Crippen molar-refractivity contribution in [3.05, 3.63) is 41.4 Å². The minimum Gasteiger partial charge on any atom is -0.375 e. The molecule has 14 heavy (non-hydrogen) atoms. The number of aryl methyl sites for hydroxylation is 1.